The fraction of sp³-hybridized carbons (Fsp3) is 0.462. The van der Waals surface area contributed by atoms with E-state index in [2.05, 4.69) is 21.4 Å². The molecule has 4 nitrogen and oxygen atoms in total. The largest absolute Gasteiger partial charge is 0.442 e. The summed E-state index contributed by atoms with van der Waals surface area (Å²) in [7, 11) is 0. The molecule has 0 fully saturated rings. The smallest absolute Gasteiger partial charge is 0.429 e. The average Bonchev–Trinajstić information content (AvgIpc) is 2.23. The van der Waals surface area contributed by atoms with Crippen LogP contribution in [0.2, 0.25) is 0 Å². The van der Waals surface area contributed by atoms with E-state index >= 15 is 0 Å². The highest BCUT2D eigenvalue weighted by Crippen LogP contribution is 2.17. The highest BCUT2D eigenvalue weighted by atomic mass is 79.9. The molecule has 0 saturated carbocycles. The fourth-order valence-corrected chi connectivity index (χ4v) is 1.68. The van der Waals surface area contributed by atoms with Gasteiger partial charge in [-0.3, -0.25) is 5.43 Å². The topological polar surface area (TPSA) is 41.6 Å². The monoisotopic (exact) mass is 314 g/mol. The molecule has 1 N–H and O–H groups in total. The third-order valence-electron chi connectivity index (χ3n) is 2.02. The molecule has 5 heteroatoms. The molecule has 1 aromatic carbocycles. The van der Waals surface area contributed by atoms with Crippen molar-refractivity contribution in [1.82, 2.24) is 5.01 Å². The molecule has 18 heavy (non-hydrogen) atoms. The van der Waals surface area contributed by atoms with Crippen LogP contribution in [0.3, 0.4) is 0 Å². The number of benzene rings is 1. The van der Waals surface area contributed by atoms with Crippen molar-refractivity contribution in [2.45, 2.75) is 33.3 Å². The van der Waals surface area contributed by atoms with Crippen molar-refractivity contribution in [3.05, 3.63) is 28.7 Å². The van der Waals surface area contributed by atoms with Crippen LogP contribution >= 0.6 is 15.9 Å². The van der Waals surface area contributed by atoms with Gasteiger partial charge in [0.2, 0.25) is 0 Å². The Morgan fingerprint density at radius 2 is 2.11 bits per heavy atom. The molecule has 0 spiro atoms. The molecule has 0 saturated heterocycles. The number of carbonyl (C=O) groups is 1. The van der Waals surface area contributed by atoms with Crippen LogP contribution in [0.4, 0.5) is 10.5 Å². The Balaban J connectivity index is 2.70. The summed E-state index contributed by atoms with van der Waals surface area (Å²) < 4.78 is 6.26. The molecular weight excluding hydrogens is 296 g/mol. The molecule has 1 amide bonds. The summed E-state index contributed by atoms with van der Waals surface area (Å²) >= 11 is 3.39. The van der Waals surface area contributed by atoms with Crippen LogP contribution in [0.1, 0.15) is 27.7 Å². The average molecular weight is 315 g/mol. The second-order valence-corrected chi connectivity index (χ2v) is 5.76. The highest BCUT2D eigenvalue weighted by molar-refractivity contribution is 9.10. The summed E-state index contributed by atoms with van der Waals surface area (Å²) in [5.74, 6) is 0. The van der Waals surface area contributed by atoms with Gasteiger partial charge in [-0.05, 0) is 45.9 Å². The SMILES string of the molecule is CCN(Nc1cccc(Br)c1)C(=O)OC(C)(C)C. The van der Waals surface area contributed by atoms with Crippen LogP contribution in [0.25, 0.3) is 0 Å². The minimum absolute atomic E-state index is 0.384. The summed E-state index contributed by atoms with van der Waals surface area (Å²) in [4.78, 5) is 11.9. The first-order chi connectivity index (χ1) is 8.31. The molecule has 0 radical (unpaired) electrons. The van der Waals surface area contributed by atoms with Crippen LogP contribution in [0.5, 0.6) is 0 Å². The van der Waals surface area contributed by atoms with Gasteiger partial charge in [-0.1, -0.05) is 22.0 Å². The van der Waals surface area contributed by atoms with Gasteiger partial charge in [-0.15, -0.1) is 0 Å². The fourth-order valence-electron chi connectivity index (χ4n) is 1.28. The first-order valence-corrected chi connectivity index (χ1v) is 6.64. The number of nitrogens with zero attached hydrogens (tertiary/aromatic N) is 1. The molecular formula is C13H19BrN2O2. The Bertz CT molecular complexity index is 416. The highest BCUT2D eigenvalue weighted by Gasteiger charge is 2.21. The van der Waals surface area contributed by atoms with Gasteiger partial charge in [0.1, 0.15) is 5.60 Å². The molecule has 0 atom stereocenters. The van der Waals surface area contributed by atoms with Crippen molar-refractivity contribution in [2.24, 2.45) is 0 Å². The van der Waals surface area contributed by atoms with Crippen LogP contribution in [0.15, 0.2) is 28.7 Å². The van der Waals surface area contributed by atoms with Gasteiger partial charge >= 0.3 is 6.09 Å². The number of halogens is 1. The van der Waals surface area contributed by atoms with Gasteiger partial charge in [0, 0.05) is 11.0 Å². The first-order valence-electron chi connectivity index (χ1n) is 5.84. The van der Waals surface area contributed by atoms with Crippen molar-refractivity contribution < 1.29 is 9.53 Å². The van der Waals surface area contributed by atoms with Gasteiger partial charge in [0.15, 0.2) is 0 Å². The molecule has 0 unspecified atom stereocenters. The van der Waals surface area contributed by atoms with Gasteiger partial charge in [-0.25, -0.2) is 9.80 Å². The molecule has 0 heterocycles. The maximum atomic E-state index is 11.9. The lowest BCUT2D eigenvalue weighted by molar-refractivity contribution is 0.0306. The first kappa shape index (κ1) is 14.8. The minimum atomic E-state index is -0.497. The minimum Gasteiger partial charge on any atom is -0.442 e. The van der Waals surface area contributed by atoms with Crippen molar-refractivity contribution >= 4 is 27.7 Å². The number of anilines is 1. The van der Waals surface area contributed by atoms with E-state index in [0.717, 1.165) is 10.2 Å². The zero-order valence-corrected chi connectivity index (χ0v) is 12.7. The van der Waals surface area contributed by atoms with Gasteiger partial charge in [0.05, 0.1) is 5.69 Å². The predicted octanol–water partition coefficient (Wildman–Crippen LogP) is 4.03. The quantitative estimate of drug-likeness (QED) is 0.856. The molecule has 1 aromatic rings. The number of carbonyl (C=O) groups excluding carboxylic acids is 1. The van der Waals surface area contributed by atoms with E-state index in [-0.39, 0.29) is 6.09 Å². The van der Waals surface area contributed by atoms with Gasteiger partial charge < -0.3 is 4.74 Å². The van der Waals surface area contributed by atoms with Gasteiger partial charge in [-0.2, -0.15) is 0 Å². The van der Waals surface area contributed by atoms with E-state index in [1.807, 2.05) is 52.0 Å². The molecule has 0 bridgehead atoms. The normalized spacial score (nSPS) is 10.9. The van der Waals surface area contributed by atoms with Crippen molar-refractivity contribution in [3.63, 3.8) is 0 Å². The number of amides is 1. The molecule has 0 aromatic heterocycles. The Morgan fingerprint density at radius 1 is 1.44 bits per heavy atom. The number of nitrogens with one attached hydrogen (secondary N) is 1. The third kappa shape index (κ3) is 4.96. The number of hydrogen-bond acceptors (Lipinski definition) is 3. The van der Waals surface area contributed by atoms with Crippen LogP contribution < -0.4 is 5.43 Å². The second kappa shape index (κ2) is 6.09. The Hall–Kier alpha value is -1.23. The van der Waals surface area contributed by atoms with E-state index in [0.29, 0.717) is 6.54 Å². The summed E-state index contributed by atoms with van der Waals surface area (Å²) in [5.41, 5.74) is 3.35. The van der Waals surface area contributed by atoms with E-state index < -0.39 is 5.60 Å². The third-order valence-corrected chi connectivity index (χ3v) is 2.51. The second-order valence-electron chi connectivity index (χ2n) is 4.85. The predicted molar refractivity (Wildman–Crippen MR) is 76.4 cm³/mol. The molecule has 100 valence electrons. The number of rotatable bonds is 3. The molecule has 0 aliphatic carbocycles. The summed E-state index contributed by atoms with van der Waals surface area (Å²) in [5, 5.41) is 1.44. The zero-order chi connectivity index (χ0) is 13.8. The summed E-state index contributed by atoms with van der Waals surface area (Å²) in [6.45, 7) is 7.93. The maximum Gasteiger partial charge on any atom is 0.429 e. The Labute approximate surface area is 116 Å². The van der Waals surface area contributed by atoms with E-state index in [4.69, 9.17) is 4.74 Å². The summed E-state index contributed by atoms with van der Waals surface area (Å²) in [6, 6.07) is 7.61. The Morgan fingerprint density at radius 3 is 2.61 bits per heavy atom. The number of ether oxygens (including phenoxy) is 1. The lowest BCUT2D eigenvalue weighted by Crippen LogP contribution is -2.40. The van der Waals surface area contributed by atoms with Crippen LogP contribution in [-0.4, -0.2) is 23.2 Å². The molecule has 0 aliphatic rings. The van der Waals surface area contributed by atoms with Crippen molar-refractivity contribution in [3.8, 4) is 0 Å². The van der Waals surface area contributed by atoms with E-state index in [1.165, 1.54) is 5.01 Å². The van der Waals surface area contributed by atoms with E-state index in [1.54, 1.807) is 0 Å². The zero-order valence-electron chi connectivity index (χ0n) is 11.2. The van der Waals surface area contributed by atoms with E-state index in [9.17, 15) is 4.79 Å². The van der Waals surface area contributed by atoms with Gasteiger partial charge in [0.25, 0.3) is 0 Å². The molecule has 0 aliphatic heterocycles. The van der Waals surface area contributed by atoms with Crippen LogP contribution in [-0.2, 0) is 4.74 Å². The maximum absolute atomic E-state index is 11.9. The van der Waals surface area contributed by atoms with Crippen molar-refractivity contribution in [2.75, 3.05) is 12.0 Å². The standard InChI is InChI=1S/C13H19BrN2O2/c1-5-16(12(17)18-13(2,3)4)15-11-8-6-7-10(14)9-11/h6-9,15H,5H2,1-4H3. The lowest BCUT2D eigenvalue weighted by Gasteiger charge is -2.27. The lowest BCUT2D eigenvalue weighted by atomic mass is 10.2. The van der Waals surface area contributed by atoms with Crippen molar-refractivity contribution in [1.29, 1.82) is 0 Å². The number of hydrogen-bond donors (Lipinski definition) is 1. The number of hydrazine groups is 1. The Kier molecular flexibility index (Phi) is 5.02. The summed E-state index contributed by atoms with van der Waals surface area (Å²) in [6.07, 6.45) is -0.384. The van der Waals surface area contributed by atoms with Crippen LogP contribution in [0, 0.1) is 0 Å². The molecule has 1 rings (SSSR count).